The van der Waals surface area contributed by atoms with Gasteiger partial charge in [0.2, 0.25) is 0 Å². The maximum atomic E-state index is 11.5. The summed E-state index contributed by atoms with van der Waals surface area (Å²) in [6.07, 6.45) is 1.65. The van der Waals surface area contributed by atoms with Crippen LogP contribution in [0.15, 0.2) is 11.4 Å². The third-order valence-corrected chi connectivity index (χ3v) is 3.49. The molecule has 0 amide bonds. The zero-order chi connectivity index (χ0) is 8.55. The minimum absolute atomic E-state index is 0.296. The largest absolute Gasteiger partial charge is 0.355 e. The average molecular weight is 199 g/mol. The first-order chi connectivity index (χ1) is 5.79. The lowest BCUT2D eigenvalue weighted by Gasteiger charge is -2.14. The van der Waals surface area contributed by atoms with Gasteiger partial charge in [-0.2, -0.15) is 0 Å². The monoisotopic (exact) mass is 199 g/mol. The van der Waals surface area contributed by atoms with Gasteiger partial charge in [0.1, 0.15) is 0 Å². The van der Waals surface area contributed by atoms with Gasteiger partial charge in [0.25, 0.3) is 0 Å². The molecule has 0 bridgehead atoms. The molecule has 1 aromatic rings. The number of hydrogen-bond donors (Lipinski definition) is 0. The van der Waals surface area contributed by atoms with Crippen LogP contribution >= 0.6 is 20.7 Å². The van der Waals surface area contributed by atoms with Crippen molar-refractivity contribution >= 4 is 32.2 Å². The number of nitrogens with zero attached hydrogens (tertiary/aromatic N) is 1. The third kappa shape index (κ3) is 1.27. The van der Waals surface area contributed by atoms with Crippen LogP contribution in [0.3, 0.4) is 0 Å². The van der Waals surface area contributed by atoms with Crippen molar-refractivity contribution in [2.24, 2.45) is 0 Å². The van der Waals surface area contributed by atoms with Gasteiger partial charge in [-0.3, -0.25) is 4.79 Å². The van der Waals surface area contributed by atoms with Gasteiger partial charge in [0.15, 0.2) is 5.78 Å². The van der Waals surface area contributed by atoms with Crippen molar-refractivity contribution < 1.29 is 4.79 Å². The minimum Gasteiger partial charge on any atom is -0.355 e. The Morgan fingerprint density at radius 1 is 1.58 bits per heavy atom. The van der Waals surface area contributed by atoms with Crippen LogP contribution in [0.5, 0.6) is 0 Å². The van der Waals surface area contributed by atoms with E-state index in [0.717, 1.165) is 23.5 Å². The van der Waals surface area contributed by atoms with Crippen LogP contribution < -0.4 is 4.67 Å². The highest BCUT2D eigenvalue weighted by molar-refractivity contribution is 7.19. The minimum atomic E-state index is 0.296. The van der Waals surface area contributed by atoms with E-state index in [0.29, 0.717) is 12.2 Å². The van der Waals surface area contributed by atoms with Crippen LogP contribution in [-0.4, -0.2) is 12.3 Å². The highest BCUT2D eigenvalue weighted by Gasteiger charge is 2.19. The standard InChI is InChI=1S/C8H10NOPS/c10-7-2-1-4-9(11)6-3-5-12-8(6)7/h3,5H,1-2,4,11H2. The number of carbonyl (C=O) groups is 1. The number of hydrogen-bond acceptors (Lipinski definition) is 3. The molecule has 1 aliphatic rings. The van der Waals surface area contributed by atoms with E-state index in [1.165, 1.54) is 0 Å². The molecule has 2 rings (SSSR count). The van der Waals surface area contributed by atoms with Crippen LogP contribution in [0.1, 0.15) is 22.5 Å². The number of fused-ring (bicyclic) bond motifs is 1. The average Bonchev–Trinajstić information content (AvgIpc) is 2.47. The predicted molar refractivity (Wildman–Crippen MR) is 54.9 cm³/mol. The second-order valence-corrected chi connectivity index (χ2v) is 4.39. The van der Waals surface area contributed by atoms with Crippen LogP contribution in [0.2, 0.25) is 0 Å². The van der Waals surface area contributed by atoms with Gasteiger partial charge in [-0.05, 0) is 27.3 Å². The van der Waals surface area contributed by atoms with Gasteiger partial charge >= 0.3 is 0 Å². The number of rotatable bonds is 0. The topological polar surface area (TPSA) is 20.3 Å². The van der Waals surface area contributed by atoms with E-state index in [4.69, 9.17) is 0 Å². The van der Waals surface area contributed by atoms with Gasteiger partial charge in [0, 0.05) is 13.0 Å². The van der Waals surface area contributed by atoms with Crippen molar-refractivity contribution in [3.8, 4) is 0 Å². The smallest absolute Gasteiger partial charge is 0.174 e. The Morgan fingerprint density at radius 3 is 3.25 bits per heavy atom. The Balaban J connectivity index is 2.45. The molecule has 0 saturated heterocycles. The summed E-state index contributed by atoms with van der Waals surface area (Å²) in [7, 11) is 2.66. The molecule has 2 heterocycles. The fraction of sp³-hybridized carbons (Fsp3) is 0.375. The van der Waals surface area contributed by atoms with E-state index in [9.17, 15) is 4.79 Å². The SMILES string of the molecule is O=C1CCCN(P)c2ccsc21. The molecule has 1 atom stereocenters. The van der Waals surface area contributed by atoms with Gasteiger partial charge < -0.3 is 4.67 Å². The zero-order valence-electron chi connectivity index (χ0n) is 6.62. The Labute approximate surface area is 77.8 Å². The lowest BCUT2D eigenvalue weighted by molar-refractivity contribution is 0.0987. The van der Waals surface area contributed by atoms with Crippen LogP contribution in [-0.2, 0) is 0 Å². The highest BCUT2D eigenvalue weighted by Crippen LogP contribution is 2.32. The van der Waals surface area contributed by atoms with E-state index in [1.54, 1.807) is 11.3 Å². The predicted octanol–water partition coefficient (Wildman–Crippen LogP) is 2.32. The second-order valence-electron chi connectivity index (χ2n) is 2.86. The molecule has 0 saturated carbocycles. The summed E-state index contributed by atoms with van der Waals surface area (Å²) in [6.45, 7) is 0.958. The molecule has 1 aliphatic heterocycles. The summed E-state index contributed by atoms with van der Waals surface area (Å²) in [6, 6.07) is 2.01. The van der Waals surface area contributed by atoms with E-state index in [-0.39, 0.29) is 0 Å². The first-order valence-corrected chi connectivity index (χ1v) is 5.31. The van der Waals surface area contributed by atoms with Gasteiger partial charge in [-0.15, -0.1) is 11.3 Å². The highest BCUT2D eigenvalue weighted by atomic mass is 32.1. The van der Waals surface area contributed by atoms with Crippen molar-refractivity contribution in [3.05, 3.63) is 16.3 Å². The summed E-state index contributed by atoms with van der Waals surface area (Å²) >= 11 is 1.55. The first kappa shape index (κ1) is 8.21. The molecular formula is C8H10NOPS. The Bertz CT molecular complexity index is 310. The fourth-order valence-corrected chi connectivity index (χ4v) is 2.75. The molecule has 0 aromatic carbocycles. The van der Waals surface area contributed by atoms with Gasteiger partial charge in [0.05, 0.1) is 10.6 Å². The van der Waals surface area contributed by atoms with Crippen molar-refractivity contribution in [2.75, 3.05) is 11.2 Å². The molecular weight excluding hydrogens is 189 g/mol. The van der Waals surface area contributed by atoms with Crippen molar-refractivity contribution in [3.63, 3.8) is 0 Å². The number of anilines is 1. The van der Waals surface area contributed by atoms with Crippen LogP contribution in [0.4, 0.5) is 5.69 Å². The molecule has 64 valence electrons. The van der Waals surface area contributed by atoms with Crippen LogP contribution in [0, 0.1) is 0 Å². The van der Waals surface area contributed by atoms with E-state index >= 15 is 0 Å². The quantitative estimate of drug-likeness (QED) is 0.597. The molecule has 0 N–H and O–H groups in total. The molecule has 1 unspecified atom stereocenters. The third-order valence-electron chi connectivity index (χ3n) is 2.01. The molecule has 0 fully saturated rings. The lowest BCUT2D eigenvalue weighted by Crippen LogP contribution is -2.08. The Morgan fingerprint density at radius 2 is 2.42 bits per heavy atom. The Hall–Kier alpha value is -0.400. The summed E-state index contributed by atoms with van der Waals surface area (Å²) in [5.74, 6) is 0.296. The van der Waals surface area contributed by atoms with Crippen molar-refractivity contribution in [2.45, 2.75) is 12.8 Å². The fourth-order valence-electron chi connectivity index (χ4n) is 1.38. The molecule has 1 aromatic heterocycles. The van der Waals surface area contributed by atoms with Gasteiger partial charge in [-0.1, -0.05) is 0 Å². The summed E-state index contributed by atoms with van der Waals surface area (Å²) in [4.78, 5) is 12.4. The first-order valence-electron chi connectivity index (χ1n) is 3.92. The normalized spacial score (nSPS) is 17.4. The molecule has 0 spiro atoms. The van der Waals surface area contributed by atoms with E-state index in [1.807, 2.05) is 11.4 Å². The zero-order valence-corrected chi connectivity index (χ0v) is 8.59. The van der Waals surface area contributed by atoms with Gasteiger partial charge in [-0.25, -0.2) is 0 Å². The number of carbonyl (C=O) groups excluding carboxylic acids is 1. The number of ketones is 1. The van der Waals surface area contributed by atoms with Crippen LogP contribution in [0.25, 0.3) is 0 Å². The van der Waals surface area contributed by atoms with Crippen molar-refractivity contribution in [1.29, 1.82) is 0 Å². The Kier molecular flexibility index (Phi) is 2.16. The molecule has 4 heteroatoms. The molecule has 0 radical (unpaired) electrons. The van der Waals surface area contributed by atoms with E-state index in [2.05, 4.69) is 14.1 Å². The molecule has 2 nitrogen and oxygen atoms in total. The number of thiophene rings is 1. The lowest BCUT2D eigenvalue weighted by atomic mass is 10.2. The molecule has 0 aliphatic carbocycles. The maximum Gasteiger partial charge on any atom is 0.174 e. The van der Waals surface area contributed by atoms with E-state index < -0.39 is 0 Å². The van der Waals surface area contributed by atoms with Crippen molar-refractivity contribution in [1.82, 2.24) is 0 Å². The summed E-state index contributed by atoms with van der Waals surface area (Å²) < 4.78 is 2.08. The second kappa shape index (κ2) is 3.15. The summed E-state index contributed by atoms with van der Waals surface area (Å²) in [5.41, 5.74) is 1.08. The maximum absolute atomic E-state index is 11.5. The number of Topliss-reactive ketones (excluding diaryl/α,β-unsaturated/α-hetero) is 1. The molecule has 12 heavy (non-hydrogen) atoms. The summed E-state index contributed by atoms with van der Waals surface area (Å²) in [5, 5.41) is 1.98.